The van der Waals surface area contributed by atoms with Crippen molar-refractivity contribution in [3.63, 3.8) is 0 Å². The molecule has 0 bridgehead atoms. The average molecular weight is 399 g/mol. The lowest BCUT2D eigenvalue weighted by Crippen LogP contribution is -1.90. The van der Waals surface area contributed by atoms with Crippen molar-refractivity contribution in [2.45, 2.75) is 0 Å². The summed E-state index contributed by atoms with van der Waals surface area (Å²) in [6.45, 7) is 0. The number of thiophene rings is 2. The maximum atomic E-state index is 6.21. The van der Waals surface area contributed by atoms with E-state index in [2.05, 4.69) is 63.0 Å². The standard InChI is InChI=1S/C22H14N4S2/c23-22-20-16(11-27-18(20)5-6-24-22)13-7-14-10-25-26-21(14)15(8-13)19-9-12-3-1-2-4-17(12)28-19/h1-11H,(H2,23,24)(H,25,26). The number of hydrogen-bond donors (Lipinski definition) is 2. The van der Waals surface area contributed by atoms with Crippen LogP contribution in [0.15, 0.2) is 66.3 Å². The maximum absolute atomic E-state index is 6.21. The Morgan fingerprint density at radius 1 is 0.929 bits per heavy atom. The third-order valence-corrected chi connectivity index (χ3v) is 7.16. The molecule has 0 atom stereocenters. The highest BCUT2D eigenvalue weighted by Crippen LogP contribution is 2.42. The van der Waals surface area contributed by atoms with Crippen molar-refractivity contribution in [3.8, 4) is 21.6 Å². The summed E-state index contributed by atoms with van der Waals surface area (Å²) in [5.41, 5.74) is 10.7. The van der Waals surface area contributed by atoms with Crippen LogP contribution in [0.5, 0.6) is 0 Å². The average Bonchev–Trinajstić information content (AvgIpc) is 3.44. The second-order valence-corrected chi connectivity index (χ2v) is 8.72. The van der Waals surface area contributed by atoms with Gasteiger partial charge in [0.1, 0.15) is 5.82 Å². The Balaban J connectivity index is 1.65. The van der Waals surface area contributed by atoms with E-state index in [9.17, 15) is 0 Å². The number of aromatic amines is 1. The Morgan fingerprint density at radius 3 is 2.79 bits per heavy atom. The number of nitrogen functional groups attached to an aromatic ring is 1. The largest absolute Gasteiger partial charge is 0.383 e. The van der Waals surface area contributed by atoms with E-state index in [0.29, 0.717) is 5.82 Å². The molecule has 0 radical (unpaired) electrons. The van der Waals surface area contributed by atoms with Crippen LogP contribution in [0.3, 0.4) is 0 Å². The molecule has 134 valence electrons. The van der Waals surface area contributed by atoms with E-state index in [-0.39, 0.29) is 0 Å². The first-order valence-electron chi connectivity index (χ1n) is 8.86. The molecule has 0 saturated carbocycles. The van der Waals surface area contributed by atoms with Gasteiger partial charge in [0.15, 0.2) is 0 Å². The number of fused-ring (bicyclic) bond motifs is 3. The minimum Gasteiger partial charge on any atom is -0.383 e. The molecule has 0 amide bonds. The first-order chi connectivity index (χ1) is 13.8. The lowest BCUT2D eigenvalue weighted by molar-refractivity contribution is 1.12. The predicted octanol–water partition coefficient (Wildman–Crippen LogP) is 6.30. The fourth-order valence-corrected chi connectivity index (χ4v) is 5.80. The summed E-state index contributed by atoms with van der Waals surface area (Å²) >= 11 is 3.49. The molecule has 4 heterocycles. The van der Waals surface area contributed by atoms with Crippen molar-refractivity contribution in [1.82, 2.24) is 15.2 Å². The highest BCUT2D eigenvalue weighted by atomic mass is 32.1. The zero-order valence-corrected chi connectivity index (χ0v) is 16.3. The molecule has 2 aromatic carbocycles. The van der Waals surface area contributed by atoms with Crippen LogP contribution in [0.4, 0.5) is 5.82 Å². The van der Waals surface area contributed by atoms with Gasteiger partial charge in [-0.3, -0.25) is 5.10 Å². The zero-order chi connectivity index (χ0) is 18.7. The summed E-state index contributed by atoms with van der Waals surface area (Å²) in [5.74, 6) is 0.574. The van der Waals surface area contributed by atoms with Crippen LogP contribution in [0.1, 0.15) is 0 Å². The number of rotatable bonds is 2. The fraction of sp³-hybridized carbons (Fsp3) is 0. The van der Waals surface area contributed by atoms with Crippen molar-refractivity contribution < 1.29 is 0 Å². The van der Waals surface area contributed by atoms with Crippen LogP contribution in [0, 0.1) is 0 Å². The summed E-state index contributed by atoms with van der Waals surface area (Å²) in [7, 11) is 0. The third-order valence-electron chi connectivity index (χ3n) is 5.07. The molecule has 6 rings (SSSR count). The molecule has 6 aromatic rings. The minimum absolute atomic E-state index is 0.574. The lowest BCUT2D eigenvalue weighted by atomic mass is 9.99. The number of anilines is 1. The summed E-state index contributed by atoms with van der Waals surface area (Å²) in [6, 6.07) is 17.2. The van der Waals surface area contributed by atoms with Gasteiger partial charge in [-0.2, -0.15) is 5.10 Å². The van der Waals surface area contributed by atoms with Crippen LogP contribution in [0.25, 0.3) is 52.6 Å². The molecular weight excluding hydrogens is 384 g/mol. The molecule has 0 saturated heterocycles. The van der Waals surface area contributed by atoms with Gasteiger partial charge in [-0.05, 0) is 46.7 Å². The summed E-state index contributed by atoms with van der Waals surface area (Å²) < 4.78 is 2.43. The van der Waals surface area contributed by atoms with Crippen molar-refractivity contribution >= 4 is 59.6 Å². The molecule has 4 aromatic heterocycles. The number of H-pyrrole nitrogens is 1. The Bertz CT molecular complexity index is 1460. The summed E-state index contributed by atoms with van der Waals surface area (Å²) in [5, 5.41) is 13.0. The number of benzene rings is 2. The second kappa shape index (κ2) is 5.89. The number of nitrogens with one attached hydrogen (secondary N) is 1. The van der Waals surface area contributed by atoms with E-state index >= 15 is 0 Å². The van der Waals surface area contributed by atoms with E-state index in [4.69, 9.17) is 5.73 Å². The van der Waals surface area contributed by atoms with E-state index in [1.54, 1.807) is 28.9 Å². The predicted molar refractivity (Wildman–Crippen MR) is 120 cm³/mol. The Morgan fingerprint density at radius 2 is 1.86 bits per heavy atom. The second-order valence-electron chi connectivity index (χ2n) is 6.73. The topological polar surface area (TPSA) is 67.6 Å². The van der Waals surface area contributed by atoms with Gasteiger partial charge in [0.05, 0.1) is 11.7 Å². The van der Waals surface area contributed by atoms with Gasteiger partial charge in [0.2, 0.25) is 0 Å². The quantitative estimate of drug-likeness (QED) is 0.359. The molecule has 0 aliphatic carbocycles. The third kappa shape index (κ3) is 2.28. The maximum Gasteiger partial charge on any atom is 0.132 e. The van der Waals surface area contributed by atoms with E-state index in [0.717, 1.165) is 37.7 Å². The van der Waals surface area contributed by atoms with Gasteiger partial charge in [0, 0.05) is 42.4 Å². The molecule has 0 unspecified atom stereocenters. The van der Waals surface area contributed by atoms with Gasteiger partial charge in [-0.15, -0.1) is 22.7 Å². The Kier molecular flexibility index (Phi) is 3.32. The summed E-state index contributed by atoms with van der Waals surface area (Å²) in [6.07, 6.45) is 3.64. The number of pyridine rings is 1. The monoisotopic (exact) mass is 398 g/mol. The van der Waals surface area contributed by atoms with Crippen LogP contribution >= 0.6 is 22.7 Å². The Labute approximate surface area is 168 Å². The summed E-state index contributed by atoms with van der Waals surface area (Å²) in [4.78, 5) is 5.52. The van der Waals surface area contributed by atoms with Crippen molar-refractivity contribution in [3.05, 3.63) is 66.3 Å². The van der Waals surface area contributed by atoms with Gasteiger partial charge >= 0.3 is 0 Å². The van der Waals surface area contributed by atoms with Crippen LogP contribution in [-0.4, -0.2) is 15.2 Å². The number of hydrogen-bond acceptors (Lipinski definition) is 5. The lowest BCUT2D eigenvalue weighted by Gasteiger charge is -2.07. The molecule has 0 spiro atoms. The SMILES string of the molecule is Nc1nccc2scc(-c3cc(-c4cc5ccccc5s4)c4[nH]ncc4c3)c12. The zero-order valence-electron chi connectivity index (χ0n) is 14.6. The van der Waals surface area contributed by atoms with E-state index in [1.165, 1.54) is 15.0 Å². The highest BCUT2D eigenvalue weighted by Gasteiger charge is 2.15. The molecule has 0 aliphatic heterocycles. The van der Waals surface area contributed by atoms with Gasteiger partial charge in [-0.1, -0.05) is 18.2 Å². The molecule has 4 nitrogen and oxygen atoms in total. The first-order valence-corrected chi connectivity index (χ1v) is 10.6. The molecule has 6 heteroatoms. The fourth-order valence-electron chi connectivity index (χ4n) is 3.74. The minimum atomic E-state index is 0.574. The number of aromatic nitrogens is 3. The van der Waals surface area contributed by atoms with Crippen molar-refractivity contribution in [1.29, 1.82) is 0 Å². The van der Waals surface area contributed by atoms with Crippen molar-refractivity contribution in [2.24, 2.45) is 0 Å². The number of nitrogens with zero attached hydrogens (tertiary/aromatic N) is 2. The first kappa shape index (κ1) is 15.8. The van der Waals surface area contributed by atoms with E-state index in [1.807, 2.05) is 12.3 Å². The van der Waals surface area contributed by atoms with E-state index < -0.39 is 0 Å². The normalized spacial score (nSPS) is 11.7. The molecular formula is C22H14N4S2. The van der Waals surface area contributed by atoms with Gasteiger partial charge in [-0.25, -0.2) is 4.98 Å². The highest BCUT2D eigenvalue weighted by molar-refractivity contribution is 7.22. The number of nitrogens with two attached hydrogens (primary N) is 1. The molecule has 28 heavy (non-hydrogen) atoms. The van der Waals surface area contributed by atoms with Crippen LogP contribution in [0.2, 0.25) is 0 Å². The van der Waals surface area contributed by atoms with Crippen LogP contribution < -0.4 is 5.73 Å². The molecule has 0 aliphatic rings. The van der Waals surface area contributed by atoms with Gasteiger partial charge < -0.3 is 5.73 Å². The smallest absolute Gasteiger partial charge is 0.132 e. The van der Waals surface area contributed by atoms with Gasteiger partial charge in [0.25, 0.3) is 0 Å². The van der Waals surface area contributed by atoms with Crippen molar-refractivity contribution in [2.75, 3.05) is 5.73 Å². The van der Waals surface area contributed by atoms with Crippen LogP contribution in [-0.2, 0) is 0 Å². The molecule has 0 fully saturated rings. The Hall–Kier alpha value is -3.22. The molecule has 3 N–H and O–H groups in total.